The van der Waals surface area contributed by atoms with Gasteiger partial charge in [-0.1, -0.05) is 29.8 Å². The van der Waals surface area contributed by atoms with Gasteiger partial charge < -0.3 is 4.90 Å². The molecule has 7 nitrogen and oxygen atoms in total. The molecular formula is C31H25F4N5O2. The Bertz CT molecular complexity index is 1810. The minimum Gasteiger partial charge on any atom is -0.328 e. The minimum absolute atomic E-state index is 0.0105. The van der Waals surface area contributed by atoms with Gasteiger partial charge in [-0.15, -0.1) is 0 Å². The van der Waals surface area contributed by atoms with Gasteiger partial charge in [0.15, 0.2) is 5.52 Å². The van der Waals surface area contributed by atoms with Gasteiger partial charge in [-0.3, -0.25) is 19.1 Å². The number of benzene rings is 2. The molecule has 2 aromatic carbocycles. The highest BCUT2D eigenvalue weighted by Gasteiger charge is 2.35. The third-order valence-electron chi connectivity index (χ3n) is 6.88. The number of pyridine rings is 2. The van der Waals surface area contributed by atoms with Crippen LogP contribution in [0.2, 0.25) is 0 Å². The van der Waals surface area contributed by atoms with E-state index in [0.717, 1.165) is 11.6 Å². The highest BCUT2D eigenvalue weighted by molar-refractivity contribution is 5.79. The third kappa shape index (κ3) is 5.90. The van der Waals surface area contributed by atoms with Gasteiger partial charge in [-0.05, 0) is 67.4 Å². The highest BCUT2D eigenvalue weighted by atomic mass is 19.4. The van der Waals surface area contributed by atoms with E-state index in [4.69, 9.17) is 4.98 Å². The Hall–Kier alpha value is -4.93. The normalized spacial score (nSPS) is 12.3. The average Bonchev–Trinajstić information content (AvgIpc) is 2.97. The van der Waals surface area contributed by atoms with Crippen LogP contribution in [0.5, 0.6) is 0 Å². The van der Waals surface area contributed by atoms with Gasteiger partial charge >= 0.3 is 6.18 Å². The van der Waals surface area contributed by atoms with Gasteiger partial charge in [0.25, 0.3) is 5.56 Å². The first-order valence-electron chi connectivity index (χ1n) is 13.0. The van der Waals surface area contributed by atoms with Crippen molar-refractivity contribution in [1.82, 2.24) is 24.4 Å². The number of hydrogen-bond acceptors (Lipinski definition) is 5. The number of aromatic nitrogens is 4. The molecule has 1 atom stereocenters. The summed E-state index contributed by atoms with van der Waals surface area (Å²) >= 11 is 0. The molecule has 3 heterocycles. The third-order valence-corrected chi connectivity index (χ3v) is 6.88. The van der Waals surface area contributed by atoms with Crippen LogP contribution in [0.1, 0.15) is 41.0 Å². The summed E-state index contributed by atoms with van der Waals surface area (Å²) in [6, 6.07) is 15.6. The predicted molar refractivity (Wildman–Crippen MR) is 148 cm³/mol. The summed E-state index contributed by atoms with van der Waals surface area (Å²) in [5, 5.41) is 0. The lowest BCUT2D eigenvalue weighted by Crippen LogP contribution is -2.38. The molecule has 0 saturated carbocycles. The molecule has 0 aliphatic carbocycles. The fourth-order valence-corrected chi connectivity index (χ4v) is 4.70. The number of alkyl halides is 3. The Morgan fingerprint density at radius 2 is 1.74 bits per heavy atom. The average molecular weight is 576 g/mol. The van der Waals surface area contributed by atoms with Crippen LogP contribution < -0.4 is 5.56 Å². The van der Waals surface area contributed by atoms with Crippen molar-refractivity contribution in [2.75, 3.05) is 0 Å². The molecule has 3 aromatic heterocycles. The van der Waals surface area contributed by atoms with E-state index in [2.05, 4.69) is 9.97 Å². The number of carbonyl (C=O) groups is 1. The largest absolute Gasteiger partial charge is 0.419 e. The molecule has 0 N–H and O–H groups in total. The molecule has 11 heteroatoms. The second-order valence-corrected chi connectivity index (χ2v) is 9.86. The van der Waals surface area contributed by atoms with Gasteiger partial charge in [0.2, 0.25) is 5.91 Å². The van der Waals surface area contributed by atoms with E-state index in [-0.39, 0.29) is 23.4 Å². The monoisotopic (exact) mass is 575 g/mol. The van der Waals surface area contributed by atoms with Crippen LogP contribution >= 0.6 is 0 Å². The number of carbonyl (C=O) groups excluding carboxylic acids is 1. The molecule has 0 radical (unpaired) electrons. The minimum atomic E-state index is -4.92. The number of amides is 1. The van der Waals surface area contributed by atoms with E-state index in [9.17, 15) is 27.2 Å². The van der Waals surface area contributed by atoms with Gasteiger partial charge in [-0.25, -0.2) is 14.4 Å². The Morgan fingerprint density at radius 1 is 1.00 bits per heavy atom. The van der Waals surface area contributed by atoms with Crippen LogP contribution in [0.25, 0.3) is 16.7 Å². The smallest absolute Gasteiger partial charge is 0.328 e. The lowest BCUT2D eigenvalue weighted by atomic mass is 10.1. The number of hydrogen-bond donors (Lipinski definition) is 0. The van der Waals surface area contributed by atoms with Gasteiger partial charge in [0.1, 0.15) is 11.6 Å². The molecule has 0 fully saturated rings. The first-order valence-corrected chi connectivity index (χ1v) is 13.0. The van der Waals surface area contributed by atoms with Crippen molar-refractivity contribution < 1.29 is 22.4 Å². The molecule has 0 saturated heterocycles. The van der Waals surface area contributed by atoms with E-state index in [1.165, 1.54) is 15.7 Å². The number of nitrogens with zero attached hydrogens (tertiary/aromatic N) is 5. The maximum atomic E-state index is 13.9. The molecule has 0 bridgehead atoms. The molecule has 1 unspecified atom stereocenters. The molecule has 5 aromatic rings. The number of fused-ring (bicyclic) bond motifs is 1. The summed E-state index contributed by atoms with van der Waals surface area (Å²) in [6.45, 7) is 3.62. The fraction of sp³-hybridized carbons (Fsp3) is 0.194. The zero-order valence-corrected chi connectivity index (χ0v) is 22.6. The Labute approximate surface area is 238 Å². The number of halogens is 4. The molecule has 42 heavy (non-hydrogen) atoms. The second kappa shape index (κ2) is 11.5. The van der Waals surface area contributed by atoms with Gasteiger partial charge in [0.05, 0.1) is 29.2 Å². The van der Waals surface area contributed by atoms with Crippen LogP contribution in [-0.4, -0.2) is 30.3 Å². The summed E-state index contributed by atoms with van der Waals surface area (Å²) in [4.78, 5) is 42.0. The maximum absolute atomic E-state index is 13.9. The Balaban J connectivity index is 1.62. The van der Waals surface area contributed by atoms with Crippen LogP contribution in [0, 0.1) is 12.7 Å². The van der Waals surface area contributed by atoms with Crippen molar-refractivity contribution in [2.45, 2.75) is 39.0 Å². The van der Waals surface area contributed by atoms with Crippen molar-refractivity contribution in [3.05, 3.63) is 130 Å². The quantitative estimate of drug-likeness (QED) is 0.223. The SMILES string of the molecule is Cc1ccc(-n2c(C(C)N(Cc3cccnc3)C(=O)Cc3ccc(F)c(C(F)(F)F)c3)nc3cccnc3c2=O)cc1. The van der Waals surface area contributed by atoms with Crippen molar-refractivity contribution in [3.63, 3.8) is 0 Å². The van der Waals surface area contributed by atoms with E-state index < -0.39 is 41.5 Å². The summed E-state index contributed by atoms with van der Waals surface area (Å²) in [5.41, 5.74) is 0.710. The first-order chi connectivity index (χ1) is 20.0. The molecule has 1 amide bonds. The molecule has 214 valence electrons. The van der Waals surface area contributed by atoms with E-state index in [0.29, 0.717) is 28.9 Å². The molecule has 0 aliphatic heterocycles. The maximum Gasteiger partial charge on any atom is 0.419 e. The zero-order chi connectivity index (χ0) is 30.0. The summed E-state index contributed by atoms with van der Waals surface area (Å²) < 4.78 is 55.4. The number of rotatable bonds is 7. The highest BCUT2D eigenvalue weighted by Crippen LogP contribution is 2.32. The van der Waals surface area contributed by atoms with Crippen LogP contribution in [0.3, 0.4) is 0 Å². The van der Waals surface area contributed by atoms with Crippen LogP contribution in [0.4, 0.5) is 17.6 Å². The topological polar surface area (TPSA) is 81.0 Å². The summed E-state index contributed by atoms with van der Waals surface area (Å²) in [7, 11) is 0. The van der Waals surface area contributed by atoms with E-state index in [1.807, 2.05) is 19.1 Å². The van der Waals surface area contributed by atoms with Crippen molar-refractivity contribution in [2.24, 2.45) is 0 Å². The summed E-state index contributed by atoms with van der Waals surface area (Å²) in [6.07, 6.45) is -0.734. The Kier molecular flexibility index (Phi) is 7.84. The zero-order valence-electron chi connectivity index (χ0n) is 22.6. The summed E-state index contributed by atoms with van der Waals surface area (Å²) in [5.74, 6) is -1.74. The van der Waals surface area contributed by atoms with E-state index in [1.54, 1.807) is 55.7 Å². The first kappa shape index (κ1) is 28.6. The van der Waals surface area contributed by atoms with Crippen LogP contribution in [0.15, 0.2) is 90.1 Å². The lowest BCUT2D eigenvalue weighted by molar-refractivity contribution is -0.140. The fourth-order valence-electron chi connectivity index (χ4n) is 4.70. The van der Waals surface area contributed by atoms with Crippen molar-refractivity contribution in [1.29, 1.82) is 0 Å². The number of aryl methyl sites for hydroxylation is 1. The Morgan fingerprint density at radius 3 is 2.43 bits per heavy atom. The molecular weight excluding hydrogens is 550 g/mol. The van der Waals surface area contributed by atoms with Crippen molar-refractivity contribution in [3.8, 4) is 5.69 Å². The van der Waals surface area contributed by atoms with Crippen molar-refractivity contribution >= 4 is 16.9 Å². The standard InChI is InChI=1S/C31H25F4N5O2/c1-19-7-10-23(11-8-19)40-29(38-26-6-4-14-37-28(26)30(40)42)20(2)39(18-22-5-3-13-36-17-22)27(41)16-21-9-12-25(32)24(15-21)31(33,34)35/h3-15,17,20H,16,18H2,1-2H3. The molecule has 5 rings (SSSR count). The van der Waals surface area contributed by atoms with Gasteiger partial charge in [-0.2, -0.15) is 13.2 Å². The molecule has 0 spiro atoms. The lowest BCUT2D eigenvalue weighted by Gasteiger charge is -2.31. The predicted octanol–water partition coefficient (Wildman–Crippen LogP) is 5.97. The molecule has 0 aliphatic rings. The van der Waals surface area contributed by atoms with E-state index >= 15 is 0 Å². The van der Waals surface area contributed by atoms with Gasteiger partial charge in [0, 0.05) is 25.1 Å². The second-order valence-electron chi connectivity index (χ2n) is 9.86. The van der Waals surface area contributed by atoms with Crippen LogP contribution in [-0.2, 0) is 23.9 Å².